The number of carboxylic acid groups (broad SMARTS) is 2. The molecule has 0 bridgehead atoms. The Labute approximate surface area is 625 Å². The first-order valence-corrected chi connectivity index (χ1v) is 36.4. The summed E-state index contributed by atoms with van der Waals surface area (Å²) in [6.07, 6.45) is -3.80. The monoisotopic (exact) mass is 1560 g/mol. The Kier molecular flexibility index (Phi) is 37.2. The number of carbonyl (C=O) groups is 17. The van der Waals surface area contributed by atoms with Crippen molar-refractivity contribution in [2.75, 3.05) is 68.6 Å². The first kappa shape index (κ1) is 89.1. The van der Waals surface area contributed by atoms with E-state index >= 15 is 0 Å². The highest BCUT2D eigenvalue weighted by molar-refractivity contribution is 8.08. The van der Waals surface area contributed by atoms with Crippen LogP contribution >= 0.6 is 35.3 Å². The number of aliphatic carboxylic acids is 2. The molecule has 2 aromatic carbocycles. The van der Waals surface area contributed by atoms with Crippen LogP contribution in [0.15, 0.2) is 57.3 Å². The Hall–Kier alpha value is -10.3. The third-order valence-electron chi connectivity index (χ3n) is 15.6. The number of aliphatic hydroxyl groups is 3. The molecule has 4 rings (SSSR count). The van der Waals surface area contributed by atoms with Gasteiger partial charge in [-0.1, -0.05) is 26.0 Å². The summed E-state index contributed by atoms with van der Waals surface area (Å²) in [6, 6.07) is -4.33. The van der Waals surface area contributed by atoms with Gasteiger partial charge in [0.1, 0.15) is 54.1 Å². The van der Waals surface area contributed by atoms with Gasteiger partial charge in [0.25, 0.3) is 0 Å². The van der Waals surface area contributed by atoms with Crippen molar-refractivity contribution < 1.29 is 112 Å². The van der Waals surface area contributed by atoms with Gasteiger partial charge in [-0.25, -0.2) is 4.79 Å². The molecule has 0 radical (unpaired) electrons. The number of ketones is 2. The maximum Gasteiger partial charge on any atom is 0.327 e. The van der Waals surface area contributed by atoms with E-state index in [0.717, 1.165) is 40.2 Å². The van der Waals surface area contributed by atoms with E-state index in [-0.39, 0.29) is 126 Å². The maximum absolute atomic E-state index is 14.4. The van der Waals surface area contributed by atoms with Crippen molar-refractivity contribution in [3.8, 4) is 5.75 Å². The summed E-state index contributed by atoms with van der Waals surface area (Å²) in [4.78, 5) is 231. The van der Waals surface area contributed by atoms with Gasteiger partial charge in [0.15, 0.2) is 5.96 Å². The molecule has 0 aromatic heterocycles. The molecule has 24 N–H and O–H groups in total. The number of carbonyl (C=O) groups excluding carboxylic acids is 15. The number of carboxylic acids is 2. The van der Waals surface area contributed by atoms with E-state index in [4.69, 9.17) is 22.9 Å². The minimum atomic E-state index is -2.05. The highest BCUT2D eigenvalue weighted by Crippen LogP contribution is 2.39. The third-order valence-corrected chi connectivity index (χ3v) is 19.2. The van der Waals surface area contributed by atoms with Crippen molar-refractivity contribution in [1.29, 1.82) is 0 Å². The molecule has 39 nitrogen and oxygen atoms in total. The van der Waals surface area contributed by atoms with E-state index in [1.807, 2.05) is 0 Å². The molecule has 13 amide bonds. The normalized spacial score (nSPS) is 15.5. The number of aromatic hydroxyl groups is 1. The van der Waals surface area contributed by atoms with Crippen LogP contribution in [0.1, 0.15) is 105 Å². The number of imide groups is 1. The zero-order valence-corrected chi connectivity index (χ0v) is 61.0. The summed E-state index contributed by atoms with van der Waals surface area (Å²) in [7, 11) is 0. The molecule has 1 aliphatic heterocycles. The van der Waals surface area contributed by atoms with Crippen LogP contribution < -0.4 is 76.1 Å². The van der Waals surface area contributed by atoms with Crippen LogP contribution in [-0.2, 0) is 78.3 Å². The fourth-order valence-electron chi connectivity index (χ4n) is 10.3. The average molecular weight is 1560 g/mol. The molecular weight excluding hydrogens is 1470 g/mol. The van der Waals surface area contributed by atoms with Crippen LogP contribution in [0, 0.1) is 5.92 Å². The summed E-state index contributed by atoms with van der Waals surface area (Å²) in [5.74, 6) is -18.0. The highest BCUT2D eigenvalue weighted by Gasteiger charge is 2.41. The van der Waals surface area contributed by atoms with E-state index < -0.39 is 205 Å². The summed E-state index contributed by atoms with van der Waals surface area (Å²) in [6.45, 7) is 1.23. The van der Waals surface area contributed by atoms with Crippen LogP contribution in [0.3, 0.4) is 0 Å². The molecule has 1 fully saturated rings. The minimum Gasteiger partial charge on any atom is -0.508 e. The number of amides is 13. The number of guanidine groups is 1. The second kappa shape index (κ2) is 44.6. The molecule has 586 valence electrons. The number of nitrogens with zero attached hydrogens (tertiary/aromatic N) is 2. The number of phenols is 1. The van der Waals surface area contributed by atoms with Crippen LogP contribution in [0.5, 0.6) is 5.75 Å². The van der Waals surface area contributed by atoms with Crippen molar-refractivity contribution in [1.82, 2.24) is 52.8 Å². The summed E-state index contributed by atoms with van der Waals surface area (Å²) < 4.78 is 0. The smallest absolute Gasteiger partial charge is 0.327 e. The zero-order chi connectivity index (χ0) is 79.8. The van der Waals surface area contributed by atoms with E-state index in [9.17, 15) is 112 Å². The lowest BCUT2D eigenvalue weighted by Gasteiger charge is -2.28. The number of anilines is 1. The van der Waals surface area contributed by atoms with E-state index in [2.05, 4.69) is 58.2 Å². The van der Waals surface area contributed by atoms with Gasteiger partial charge in [-0.15, -0.1) is 35.3 Å². The molecule has 0 spiro atoms. The lowest BCUT2D eigenvalue weighted by Crippen LogP contribution is -2.61. The van der Waals surface area contributed by atoms with Crippen LogP contribution in [-0.4, -0.2) is 259 Å². The molecule has 0 saturated carbocycles. The third kappa shape index (κ3) is 29.5. The number of rotatable bonds is 47. The number of likely N-dealkylation sites (tertiary alicyclic amines) is 1. The number of nitrogens with two attached hydrogens (primary N) is 4. The molecule has 9 atom stereocenters. The predicted molar refractivity (Wildman–Crippen MR) is 386 cm³/mol. The van der Waals surface area contributed by atoms with Crippen LogP contribution in [0.4, 0.5) is 5.69 Å². The number of phenolic OH excluding ortho intramolecular Hbond substituents is 1. The van der Waals surface area contributed by atoms with E-state index in [1.54, 1.807) is 13.8 Å². The Morgan fingerprint density at radius 1 is 0.607 bits per heavy atom. The van der Waals surface area contributed by atoms with Gasteiger partial charge >= 0.3 is 11.9 Å². The SMILES string of the molecule is CC(C)CC(NC(=O)C(CCCN=C(N)N)NC(=O)C(CCC(N)=O)NC(=O)C(Cc1ccc(O)cc1)NC(=O)C(CC(=O)O)NC(=O)C(CO)NC(=O)C(C)NC(=O)CN)C(=O)NCC(=O)NC(CSC1CC(=O)N(CCCC(=O)Nc2ccc3c(c2)C(=O)C(SCCO)=C(SCCO)C3=O)C1=O)C(=O)O. The number of fused-ring (bicyclic) bond motifs is 1. The number of allylic oxidation sites excluding steroid dienone is 2. The van der Waals surface area contributed by atoms with Crippen molar-refractivity contribution in [3.05, 3.63) is 69.0 Å². The predicted octanol–water partition coefficient (Wildman–Crippen LogP) is -5.85. The van der Waals surface area contributed by atoms with Gasteiger partial charge in [0.05, 0.1) is 54.4 Å². The Morgan fingerprint density at radius 3 is 1.74 bits per heavy atom. The standard InChI is InChI=1S/C65H90N16O23S3/c1-31(2)22-40(57(96)71-28-49(89)74-44(64(103)104)30-107-45-26-50(90)81(63(45)102)17-5-7-47(87)73-34-10-13-36-37(24-34)53(94)55(106-21-19-83)54(52(36)93)105-20-18-82)77-58(97)38(6-4-16-70-65(68)69)75-59(98)39(14-15-46(67)86)76-60(99)41(23-33-8-11-35(85)12-9-33)78-61(100)42(25-51(91)92)79-62(101)43(29-84)80-56(95)32(3)72-48(88)27-66/h8-13,24,31-32,38-45,82-85H,4-7,14-23,25-30,66H2,1-3H3,(H2,67,86)(H,71,96)(H,72,88)(H,73,87)(H,74,89)(H,75,98)(H,76,99)(H,77,97)(H,78,100)(H,79,101)(H,80,95)(H,91,92)(H,103,104)(H4,68,69,70). The summed E-state index contributed by atoms with van der Waals surface area (Å²) >= 11 is 2.74. The van der Waals surface area contributed by atoms with Gasteiger partial charge < -0.3 is 107 Å². The van der Waals surface area contributed by atoms with Crippen molar-refractivity contribution in [3.63, 3.8) is 0 Å². The molecule has 9 unspecified atom stereocenters. The topological polar surface area (TPSA) is 652 Å². The number of benzene rings is 2. The van der Waals surface area contributed by atoms with Gasteiger partial charge in [-0.2, -0.15) is 0 Å². The first-order chi connectivity index (χ1) is 50.6. The van der Waals surface area contributed by atoms with Crippen molar-refractivity contribution in [2.24, 2.45) is 33.8 Å². The molecule has 2 aliphatic rings. The second-order valence-electron chi connectivity index (χ2n) is 24.6. The first-order valence-electron chi connectivity index (χ1n) is 33.4. The van der Waals surface area contributed by atoms with Gasteiger partial charge in [0.2, 0.25) is 88.4 Å². The maximum atomic E-state index is 14.4. The number of aliphatic imine (C=N–C) groups is 1. The number of thioether (sulfide) groups is 3. The number of nitrogens with one attached hydrogen (secondary N) is 10. The molecule has 2 aromatic rings. The minimum absolute atomic E-state index is 0.0165. The Balaban J connectivity index is 1.44. The summed E-state index contributed by atoms with van der Waals surface area (Å²) in [5.41, 5.74) is 22.2. The second-order valence-corrected chi connectivity index (χ2v) is 28.0. The zero-order valence-electron chi connectivity index (χ0n) is 58.5. The Bertz CT molecular complexity index is 3690. The number of hydrogen-bond donors (Lipinski definition) is 20. The summed E-state index contributed by atoms with van der Waals surface area (Å²) in [5, 5.41) is 80.9. The molecule has 107 heavy (non-hydrogen) atoms. The van der Waals surface area contributed by atoms with Crippen LogP contribution in [0.2, 0.25) is 0 Å². The molecule has 1 heterocycles. The lowest BCUT2D eigenvalue weighted by atomic mass is 9.94. The molecule has 1 saturated heterocycles. The Morgan fingerprint density at radius 2 is 1.17 bits per heavy atom. The largest absolute Gasteiger partial charge is 0.508 e. The van der Waals surface area contributed by atoms with Crippen LogP contribution in [0.25, 0.3) is 0 Å². The van der Waals surface area contributed by atoms with Gasteiger partial charge in [-0.05, 0) is 80.8 Å². The molecule has 42 heteroatoms. The van der Waals surface area contributed by atoms with Crippen molar-refractivity contribution in [2.45, 2.75) is 139 Å². The fourth-order valence-corrected chi connectivity index (χ4v) is 13.3. The average Bonchev–Trinajstić information content (AvgIpc) is 1.17. The number of primary amides is 1. The van der Waals surface area contributed by atoms with Gasteiger partial charge in [0, 0.05) is 72.8 Å². The molecule has 1 aliphatic carbocycles. The van der Waals surface area contributed by atoms with E-state index in [0.29, 0.717) is 0 Å². The number of hydrogen-bond acceptors (Lipinski definition) is 26. The van der Waals surface area contributed by atoms with Crippen molar-refractivity contribution >= 4 is 147 Å². The highest BCUT2D eigenvalue weighted by atomic mass is 32.2. The lowest BCUT2D eigenvalue weighted by molar-refractivity contribution is -0.142. The number of aliphatic hydroxyl groups excluding tert-OH is 3. The van der Waals surface area contributed by atoms with E-state index in [1.165, 1.54) is 49.4 Å². The molecular formula is C65H90N16O23S3. The fraction of sp³-hybridized carbons (Fsp3) is 0.508. The number of Topliss-reactive ketones (excluding diaryl/α,β-unsaturated/α-hetero) is 2. The van der Waals surface area contributed by atoms with Gasteiger partial charge in [-0.3, -0.25) is 86.6 Å². The quantitative estimate of drug-likeness (QED) is 0.0127.